The Bertz CT molecular complexity index is 879. The molecular weight excluding hydrogens is 521 g/mol. The van der Waals surface area contributed by atoms with Gasteiger partial charge in [-0.25, -0.2) is 4.98 Å². The van der Waals surface area contributed by atoms with E-state index >= 15 is 0 Å². The van der Waals surface area contributed by atoms with Gasteiger partial charge in [0.05, 0.1) is 31.6 Å². The average molecular weight is 555 g/mol. The fraction of sp³-hybridized carbons (Fsp3) is 0.591. The molecule has 4 heterocycles. The van der Waals surface area contributed by atoms with Crippen LogP contribution in [0.4, 0.5) is 5.82 Å². The van der Waals surface area contributed by atoms with Gasteiger partial charge in [0.15, 0.2) is 5.96 Å². The molecule has 2 aliphatic heterocycles. The van der Waals surface area contributed by atoms with Crippen molar-refractivity contribution >= 4 is 35.8 Å². The van der Waals surface area contributed by atoms with E-state index in [-0.39, 0.29) is 42.3 Å². The molecule has 0 radical (unpaired) electrons. The quantitative estimate of drug-likeness (QED) is 0.352. The number of aliphatic imine (C=N–C) groups is 1. The zero-order valence-electron chi connectivity index (χ0n) is 19.3. The van der Waals surface area contributed by atoms with Crippen LogP contribution in [-0.2, 0) is 23.1 Å². The van der Waals surface area contributed by atoms with Crippen molar-refractivity contribution in [2.45, 2.75) is 38.7 Å². The zero-order valence-corrected chi connectivity index (χ0v) is 21.6. The van der Waals surface area contributed by atoms with E-state index in [1.54, 1.807) is 4.68 Å². The zero-order chi connectivity index (χ0) is 21.8. The Labute approximate surface area is 207 Å². The molecule has 10 heteroatoms. The Balaban J connectivity index is 0.00000289. The van der Waals surface area contributed by atoms with Crippen LogP contribution in [0, 0.1) is 0 Å². The van der Waals surface area contributed by atoms with E-state index in [4.69, 9.17) is 9.47 Å². The van der Waals surface area contributed by atoms with Crippen molar-refractivity contribution in [1.82, 2.24) is 25.0 Å². The molecule has 0 spiro atoms. The van der Waals surface area contributed by atoms with Gasteiger partial charge in [0.25, 0.3) is 0 Å². The number of nitrogens with one attached hydrogen (secondary N) is 1. The lowest BCUT2D eigenvalue weighted by atomic mass is 10.1. The van der Waals surface area contributed by atoms with Crippen molar-refractivity contribution in [3.8, 4) is 0 Å². The van der Waals surface area contributed by atoms with Crippen molar-refractivity contribution in [2.75, 3.05) is 44.7 Å². The van der Waals surface area contributed by atoms with Gasteiger partial charge in [0.1, 0.15) is 11.9 Å². The maximum absolute atomic E-state index is 5.95. The minimum Gasteiger partial charge on any atom is -0.372 e. The van der Waals surface area contributed by atoms with E-state index in [0.717, 1.165) is 49.1 Å². The lowest BCUT2D eigenvalue weighted by Crippen LogP contribution is -2.48. The van der Waals surface area contributed by atoms with Crippen LogP contribution >= 0.6 is 24.0 Å². The monoisotopic (exact) mass is 555 g/mol. The number of guanidine groups is 1. The van der Waals surface area contributed by atoms with Crippen molar-refractivity contribution < 1.29 is 9.47 Å². The van der Waals surface area contributed by atoms with Gasteiger partial charge in [-0.2, -0.15) is 5.10 Å². The number of halogens is 1. The SMILES string of the molecule is CN=C(NCc1ccc(N2CC(C)OC(C)C2)nc1)N1CCOC(c2cnn(C)c2)C1.I. The second-order valence-corrected chi connectivity index (χ2v) is 8.34. The third-order valence-corrected chi connectivity index (χ3v) is 5.68. The van der Waals surface area contributed by atoms with Crippen LogP contribution in [0.15, 0.2) is 35.7 Å². The summed E-state index contributed by atoms with van der Waals surface area (Å²) in [4.78, 5) is 13.7. The summed E-state index contributed by atoms with van der Waals surface area (Å²) in [6.07, 6.45) is 6.26. The van der Waals surface area contributed by atoms with Crippen LogP contribution in [-0.4, -0.2) is 77.7 Å². The molecule has 0 bridgehead atoms. The van der Waals surface area contributed by atoms with Crippen LogP contribution in [0.1, 0.15) is 31.1 Å². The van der Waals surface area contributed by atoms with Gasteiger partial charge in [-0.15, -0.1) is 24.0 Å². The number of hydrogen-bond acceptors (Lipinski definition) is 6. The van der Waals surface area contributed by atoms with E-state index in [9.17, 15) is 0 Å². The predicted octanol–water partition coefficient (Wildman–Crippen LogP) is 2.20. The highest BCUT2D eigenvalue weighted by molar-refractivity contribution is 14.0. The molecule has 0 aliphatic carbocycles. The Kier molecular flexibility index (Phi) is 8.72. The van der Waals surface area contributed by atoms with Crippen molar-refractivity contribution in [1.29, 1.82) is 0 Å². The molecule has 32 heavy (non-hydrogen) atoms. The Hall–Kier alpha value is -1.92. The lowest BCUT2D eigenvalue weighted by Gasteiger charge is -2.36. The second-order valence-electron chi connectivity index (χ2n) is 8.34. The third-order valence-electron chi connectivity index (χ3n) is 5.68. The summed E-state index contributed by atoms with van der Waals surface area (Å²) in [5.41, 5.74) is 2.21. The average Bonchev–Trinajstić information content (AvgIpc) is 3.20. The smallest absolute Gasteiger partial charge is 0.194 e. The number of morpholine rings is 2. The molecule has 2 saturated heterocycles. The molecule has 3 atom stereocenters. The number of rotatable bonds is 4. The summed E-state index contributed by atoms with van der Waals surface area (Å²) < 4.78 is 13.6. The fourth-order valence-corrected chi connectivity index (χ4v) is 4.24. The van der Waals surface area contributed by atoms with Crippen molar-refractivity contribution in [3.63, 3.8) is 0 Å². The second kappa shape index (κ2) is 11.3. The standard InChI is InChI=1S/C22H33N7O2.HI/c1-16-12-29(13-17(2)31-16)21-6-5-18(9-24-21)10-25-22(23-3)28-7-8-30-20(15-28)19-11-26-27(4)14-19;/h5-6,9,11,14,16-17,20H,7-8,10,12-13,15H2,1-4H3,(H,23,25);1H. The maximum atomic E-state index is 5.95. The first-order valence-electron chi connectivity index (χ1n) is 10.9. The summed E-state index contributed by atoms with van der Waals surface area (Å²) in [6.45, 7) is 8.84. The van der Waals surface area contributed by atoms with Gasteiger partial charge >= 0.3 is 0 Å². The number of aromatic nitrogens is 3. The van der Waals surface area contributed by atoms with E-state index in [1.165, 1.54) is 0 Å². The Morgan fingerprint density at radius 1 is 1.19 bits per heavy atom. The lowest BCUT2D eigenvalue weighted by molar-refractivity contribution is -0.00805. The van der Waals surface area contributed by atoms with Crippen LogP contribution in [0.3, 0.4) is 0 Å². The summed E-state index contributed by atoms with van der Waals surface area (Å²) in [7, 11) is 3.74. The molecule has 2 aromatic rings. The first kappa shape index (κ1) is 24.7. The first-order valence-corrected chi connectivity index (χ1v) is 10.9. The number of nitrogens with zero attached hydrogens (tertiary/aromatic N) is 6. The molecule has 3 unspecified atom stereocenters. The first-order chi connectivity index (χ1) is 15.0. The van der Waals surface area contributed by atoms with Gasteiger partial charge in [-0.05, 0) is 25.5 Å². The van der Waals surface area contributed by atoms with Gasteiger partial charge < -0.3 is 24.6 Å². The molecule has 0 aromatic carbocycles. The molecular formula is C22H34IN7O2. The number of pyridine rings is 1. The van der Waals surface area contributed by atoms with E-state index < -0.39 is 0 Å². The Morgan fingerprint density at radius 2 is 1.97 bits per heavy atom. The molecule has 0 amide bonds. The molecule has 176 valence electrons. The van der Waals surface area contributed by atoms with Crippen LogP contribution in [0.2, 0.25) is 0 Å². The third kappa shape index (κ3) is 6.10. The predicted molar refractivity (Wildman–Crippen MR) is 136 cm³/mol. The fourth-order valence-electron chi connectivity index (χ4n) is 4.24. The van der Waals surface area contributed by atoms with Crippen molar-refractivity contribution in [2.24, 2.45) is 12.0 Å². The van der Waals surface area contributed by atoms with Crippen molar-refractivity contribution in [3.05, 3.63) is 41.9 Å². The minimum atomic E-state index is 0. The van der Waals surface area contributed by atoms with Crippen LogP contribution < -0.4 is 10.2 Å². The normalized spacial score (nSPS) is 24.2. The van der Waals surface area contributed by atoms with E-state index in [2.05, 4.69) is 56.2 Å². The molecule has 2 aromatic heterocycles. The largest absolute Gasteiger partial charge is 0.372 e. The summed E-state index contributed by atoms with van der Waals surface area (Å²) >= 11 is 0. The summed E-state index contributed by atoms with van der Waals surface area (Å²) in [5.74, 6) is 1.87. The molecule has 4 rings (SSSR count). The van der Waals surface area contributed by atoms with Crippen LogP contribution in [0.5, 0.6) is 0 Å². The number of ether oxygens (including phenoxy) is 2. The van der Waals surface area contributed by atoms with Gasteiger partial charge in [-0.3, -0.25) is 9.67 Å². The van der Waals surface area contributed by atoms with Gasteiger partial charge in [-0.1, -0.05) is 6.07 Å². The number of anilines is 1. The molecule has 2 aliphatic rings. The molecule has 1 N–H and O–H groups in total. The summed E-state index contributed by atoms with van der Waals surface area (Å²) in [6, 6.07) is 4.23. The summed E-state index contributed by atoms with van der Waals surface area (Å²) in [5, 5.41) is 7.73. The molecule has 0 saturated carbocycles. The highest BCUT2D eigenvalue weighted by Gasteiger charge is 2.25. The van der Waals surface area contributed by atoms with Gasteiger partial charge in [0.2, 0.25) is 0 Å². The van der Waals surface area contributed by atoms with Gasteiger partial charge in [0, 0.05) is 58.2 Å². The molecule has 9 nitrogen and oxygen atoms in total. The van der Waals surface area contributed by atoms with E-state index in [1.807, 2.05) is 32.7 Å². The van der Waals surface area contributed by atoms with E-state index in [0.29, 0.717) is 13.2 Å². The topological polar surface area (TPSA) is 80.0 Å². The minimum absolute atomic E-state index is 0. The van der Waals surface area contributed by atoms with Crippen LogP contribution in [0.25, 0.3) is 0 Å². The maximum Gasteiger partial charge on any atom is 0.194 e. The highest BCUT2D eigenvalue weighted by Crippen LogP contribution is 2.22. The Morgan fingerprint density at radius 3 is 2.59 bits per heavy atom. The molecule has 2 fully saturated rings. The number of hydrogen-bond donors (Lipinski definition) is 1. The number of aryl methyl sites for hydroxylation is 1. The highest BCUT2D eigenvalue weighted by atomic mass is 127.